The largest absolute Gasteiger partial charge is 0.481 e. The van der Waals surface area contributed by atoms with E-state index < -0.39 is 79.0 Å². The van der Waals surface area contributed by atoms with Crippen LogP contribution in [0.3, 0.4) is 0 Å². The Labute approximate surface area is 367 Å². The Morgan fingerprint density at radius 2 is 1.52 bits per heavy atom. The van der Waals surface area contributed by atoms with Crippen LogP contribution in [-0.2, 0) is 67.0 Å². The highest BCUT2D eigenvalue weighted by Crippen LogP contribution is 2.50. The number of rotatable bonds is 22. The number of sulfonamides is 1. The van der Waals surface area contributed by atoms with Crippen molar-refractivity contribution >= 4 is 29.7 Å². The maximum Gasteiger partial charge on any atom is 0.407 e. The second-order valence-corrected chi connectivity index (χ2v) is 19.7. The Morgan fingerprint density at radius 1 is 0.873 bits per heavy atom. The molecular formula is C45H54FN2O13PS. The molecule has 6 rings (SSSR count). The van der Waals surface area contributed by atoms with E-state index in [2.05, 4.69) is 5.32 Å². The van der Waals surface area contributed by atoms with Crippen LogP contribution < -0.4 is 10.1 Å². The second kappa shape index (κ2) is 22.3. The Balaban J connectivity index is 1.15. The van der Waals surface area contributed by atoms with Gasteiger partial charge in [-0.1, -0.05) is 86.6 Å². The average molecular weight is 913 g/mol. The van der Waals surface area contributed by atoms with Gasteiger partial charge in [-0.2, -0.15) is 4.31 Å². The van der Waals surface area contributed by atoms with Crippen molar-refractivity contribution in [1.29, 1.82) is 0 Å². The van der Waals surface area contributed by atoms with E-state index >= 15 is 0 Å². The van der Waals surface area contributed by atoms with Gasteiger partial charge < -0.3 is 38.6 Å². The molecule has 2 aliphatic heterocycles. The highest BCUT2D eigenvalue weighted by Gasteiger charge is 2.44. The highest BCUT2D eigenvalue weighted by atomic mass is 32.2. The minimum atomic E-state index is -4.20. The zero-order chi connectivity index (χ0) is 45.0. The summed E-state index contributed by atoms with van der Waals surface area (Å²) < 4.78 is 96.3. The molecule has 2 heterocycles. The van der Waals surface area contributed by atoms with Crippen LogP contribution in [-0.4, -0.2) is 93.2 Å². The number of aliphatic hydroxyl groups is 1. The van der Waals surface area contributed by atoms with Crippen molar-refractivity contribution in [3.63, 3.8) is 0 Å². The third-order valence-corrected chi connectivity index (χ3v) is 13.8. The summed E-state index contributed by atoms with van der Waals surface area (Å²) in [7, 11) is -8.30. The molecule has 2 aliphatic rings. The lowest BCUT2D eigenvalue weighted by molar-refractivity contribution is -0.153. The van der Waals surface area contributed by atoms with Gasteiger partial charge in [0.25, 0.3) is 0 Å². The number of ether oxygens (including phenoxy) is 5. The average Bonchev–Trinajstić information content (AvgIpc) is 3.90. The van der Waals surface area contributed by atoms with E-state index in [1.54, 1.807) is 60.7 Å². The predicted octanol–water partition coefficient (Wildman–Crippen LogP) is 6.83. The van der Waals surface area contributed by atoms with Crippen LogP contribution >= 0.6 is 7.60 Å². The van der Waals surface area contributed by atoms with Crippen molar-refractivity contribution in [3.05, 3.63) is 132 Å². The van der Waals surface area contributed by atoms with Gasteiger partial charge in [0, 0.05) is 13.1 Å². The van der Waals surface area contributed by atoms with Crippen molar-refractivity contribution in [2.45, 2.75) is 82.4 Å². The number of alkyl carbamates (subject to hydrolysis) is 1. The zero-order valence-electron chi connectivity index (χ0n) is 35.3. The molecule has 0 spiro atoms. The fourth-order valence-electron chi connectivity index (χ4n) is 7.03. The minimum Gasteiger partial charge on any atom is -0.481 e. The molecule has 63 heavy (non-hydrogen) atoms. The first kappa shape index (κ1) is 47.8. The maximum absolute atomic E-state index is 14.1. The molecule has 1 unspecified atom stereocenters. The van der Waals surface area contributed by atoms with Crippen LogP contribution in [0, 0.1) is 17.7 Å². The molecular weight excluding hydrogens is 859 g/mol. The normalized spacial score (nSPS) is 19.8. The topological polar surface area (TPSA) is 185 Å². The molecule has 0 aromatic heterocycles. The van der Waals surface area contributed by atoms with Gasteiger partial charge in [-0.25, -0.2) is 22.4 Å². The van der Waals surface area contributed by atoms with Crippen molar-refractivity contribution in [1.82, 2.24) is 9.62 Å². The number of carbonyl (C=O) groups excluding carboxylic acids is 2. The first-order valence-corrected chi connectivity index (χ1v) is 23.9. The molecule has 1 amide bonds. The highest BCUT2D eigenvalue weighted by molar-refractivity contribution is 7.89. The van der Waals surface area contributed by atoms with Crippen LogP contribution in [0.5, 0.6) is 5.75 Å². The van der Waals surface area contributed by atoms with Crippen molar-refractivity contribution < 1.29 is 64.8 Å². The van der Waals surface area contributed by atoms with Gasteiger partial charge in [-0.15, -0.1) is 0 Å². The molecule has 2 saturated heterocycles. The minimum absolute atomic E-state index is 0.00290. The molecule has 2 N–H and O–H groups in total. The number of carbonyl (C=O) groups is 2. The second-order valence-electron chi connectivity index (χ2n) is 15.8. The fraction of sp³-hybridized carbons (Fsp3) is 0.422. The molecule has 4 aromatic rings. The van der Waals surface area contributed by atoms with E-state index in [0.717, 1.165) is 34.1 Å². The summed E-state index contributed by atoms with van der Waals surface area (Å²) in [6.07, 6.45) is -4.48. The summed E-state index contributed by atoms with van der Waals surface area (Å²) in [6, 6.07) is 27.9. The van der Waals surface area contributed by atoms with Gasteiger partial charge >= 0.3 is 19.7 Å². The summed E-state index contributed by atoms with van der Waals surface area (Å²) in [4.78, 5) is 26.1. The molecule has 0 aliphatic carbocycles. The molecule has 0 radical (unpaired) electrons. The molecule has 18 heteroatoms. The first-order chi connectivity index (χ1) is 30.2. The SMILES string of the molecule is CC(C)CN(C[C@@H](O)[C@H](Cc1ccc(OCP(=O)(OCc2ccccc2)O[C@H](C)C(=O)OCc2ccccc2)cc1)NC(=O)O[C@H]1CO[C@H]2OCC[C@H]21)S(=O)(=O)c1ccc(F)cc1. The van der Waals surface area contributed by atoms with E-state index in [1.807, 2.05) is 38.1 Å². The van der Waals surface area contributed by atoms with Crippen LogP contribution in [0.1, 0.15) is 43.9 Å². The van der Waals surface area contributed by atoms with Crippen LogP contribution in [0.25, 0.3) is 0 Å². The monoisotopic (exact) mass is 912 g/mol. The summed E-state index contributed by atoms with van der Waals surface area (Å²) in [5.41, 5.74) is 2.09. The van der Waals surface area contributed by atoms with Gasteiger partial charge in [0.2, 0.25) is 10.0 Å². The van der Waals surface area contributed by atoms with E-state index in [9.17, 15) is 32.1 Å². The number of hydrogen-bond acceptors (Lipinski definition) is 13. The number of fused-ring (bicyclic) bond motifs is 1. The Bertz CT molecular complexity index is 2240. The van der Waals surface area contributed by atoms with Crippen LogP contribution in [0.2, 0.25) is 0 Å². The third kappa shape index (κ3) is 13.9. The number of esters is 1. The van der Waals surface area contributed by atoms with Crippen LogP contribution in [0.15, 0.2) is 114 Å². The van der Waals surface area contributed by atoms with Crippen molar-refractivity contribution in [2.75, 3.05) is 32.7 Å². The smallest absolute Gasteiger partial charge is 0.407 e. The zero-order valence-corrected chi connectivity index (χ0v) is 37.0. The molecule has 0 bridgehead atoms. The number of benzene rings is 4. The third-order valence-electron chi connectivity index (χ3n) is 10.3. The van der Waals surface area contributed by atoms with E-state index in [0.29, 0.717) is 24.2 Å². The lowest BCUT2D eigenvalue weighted by Gasteiger charge is -2.31. The number of hydrogen-bond donors (Lipinski definition) is 2. The molecule has 2 fully saturated rings. The number of aliphatic hydroxyl groups excluding tert-OH is 1. The summed E-state index contributed by atoms with van der Waals surface area (Å²) >= 11 is 0. The van der Waals surface area contributed by atoms with Gasteiger partial charge in [0.15, 0.2) is 18.7 Å². The van der Waals surface area contributed by atoms with Gasteiger partial charge in [0.05, 0.1) is 42.8 Å². The fourth-order valence-corrected chi connectivity index (χ4v) is 10.1. The van der Waals surface area contributed by atoms with Gasteiger partial charge in [-0.05, 0) is 78.8 Å². The van der Waals surface area contributed by atoms with Crippen LogP contribution in [0.4, 0.5) is 9.18 Å². The van der Waals surface area contributed by atoms with Gasteiger partial charge in [0.1, 0.15) is 24.3 Å². The molecule has 340 valence electrons. The quantitative estimate of drug-likeness (QED) is 0.0619. The van der Waals surface area contributed by atoms with Crippen molar-refractivity contribution in [2.24, 2.45) is 11.8 Å². The van der Waals surface area contributed by atoms with Crippen molar-refractivity contribution in [3.8, 4) is 5.75 Å². The molecule has 0 saturated carbocycles. The number of halogens is 1. The van der Waals surface area contributed by atoms with E-state index in [-0.39, 0.29) is 55.3 Å². The van der Waals surface area contributed by atoms with Gasteiger partial charge in [-0.3, -0.25) is 9.09 Å². The summed E-state index contributed by atoms with van der Waals surface area (Å²) in [5, 5.41) is 14.5. The number of nitrogens with one attached hydrogen (secondary N) is 1. The summed E-state index contributed by atoms with van der Waals surface area (Å²) in [5.74, 6) is -1.37. The molecule has 7 atom stereocenters. The first-order valence-electron chi connectivity index (χ1n) is 20.7. The Hall–Kier alpha value is -4.71. The standard InChI is InChI=1S/C45H54FN2O13PS/c1-31(2)25-48(63(53,54)38-20-16-36(46)17-21-38)26-41(49)40(47-45(51)60-42-29-57-44-39(42)22-23-55-44)24-33-14-18-37(19-15-33)58-30-62(52,59-28-35-12-8-5-9-13-35)61-32(3)43(50)56-27-34-10-6-4-7-11-34/h4-21,31-32,39-42,44,49H,22-30H2,1-3H3,(H,47,51)/t32-,39+,40+,41-,42+,44-,62?/m1/s1. The molecule has 4 aromatic carbocycles. The Morgan fingerprint density at radius 3 is 2.17 bits per heavy atom. The summed E-state index contributed by atoms with van der Waals surface area (Å²) in [6.45, 7) is 5.19. The maximum atomic E-state index is 14.1. The Kier molecular flexibility index (Phi) is 16.9. The molecule has 15 nitrogen and oxygen atoms in total. The number of nitrogens with zero attached hydrogens (tertiary/aromatic N) is 1. The lowest BCUT2D eigenvalue weighted by Crippen LogP contribution is -2.51. The number of amides is 1. The predicted molar refractivity (Wildman–Crippen MR) is 228 cm³/mol. The van der Waals surface area contributed by atoms with E-state index in [1.165, 1.54) is 6.92 Å². The lowest BCUT2D eigenvalue weighted by atomic mass is 10.0. The van der Waals surface area contributed by atoms with E-state index in [4.69, 9.17) is 32.7 Å².